The molecule has 0 aliphatic heterocycles. The van der Waals surface area contributed by atoms with Crippen LogP contribution in [-0.2, 0) is 4.79 Å². The number of nitriles is 1. The largest absolute Gasteiger partial charge is 0.354 e. The fraction of sp³-hybridized carbons (Fsp3) is 0.556. The first-order chi connectivity index (χ1) is 6.20. The lowest BCUT2D eigenvalue weighted by Gasteiger charge is -2.08. The summed E-state index contributed by atoms with van der Waals surface area (Å²) in [5.74, 6) is -0.0936. The van der Waals surface area contributed by atoms with Crippen LogP contribution in [0.5, 0.6) is 0 Å². The number of hydrogen-bond donors (Lipinski definition) is 2. The van der Waals surface area contributed by atoms with Gasteiger partial charge in [0.2, 0.25) is 5.91 Å². The van der Waals surface area contributed by atoms with Gasteiger partial charge in [-0.15, -0.1) is 6.58 Å². The highest BCUT2D eigenvalue weighted by atomic mass is 16.1. The third-order valence-electron chi connectivity index (χ3n) is 1.50. The van der Waals surface area contributed by atoms with Crippen LogP contribution in [0.4, 0.5) is 0 Å². The predicted octanol–water partition coefficient (Wildman–Crippen LogP) is 0.180. The van der Waals surface area contributed by atoms with E-state index in [9.17, 15) is 4.79 Å². The van der Waals surface area contributed by atoms with E-state index < -0.39 is 0 Å². The lowest BCUT2D eigenvalue weighted by Crippen LogP contribution is -2.37. The molecule has 0 aromatic rings. The molecule has 0 saturated heterocycles. The van der Waals surface area contributed by atoms with Crippen LogP contribution in [0, 0.1) is 11.3 Å². The van der Waals surface area contributed by atoms with Gasteiger partial charge in [0.15, 0.2) is 0 Å². The summed E-state index contributed by atoms with van der Waals surface area (Å²) < 4.78 is 0. The zero-order valence-corrected chi connectivity index (χ0v) is 7.84. The van der Waals surface area contributed by atoms with Crippen LogP contribution in [0.1, 0.15) is 13.3 Å². The van der Waals surface area contributed by atoms with Gasteiger partial charge in [-0.3, -0.25) is 4.79 Å². The van der Waals surface area contributed by atoms with E-state index in [1.54, 1.807) is 6.08 Å². The van der Waals surface area contributed by atoms with E-state index in [-0.39, 0.29) is 18.5 Å². The van der Waals surface area contributed by atoms with Crippen molar-refractivity contribution in [3.05, 3.63) is 12.7 Å². The molecule has 0 heterocycles. The smallest absolute Gasteiger partial charge is 0.234 e. The molecule has 0 aromatic heterocycles. The predicted molar refractivity (Wildman–Crippen MR) is 50.9 cm³/mol. The molecule has 13 heavy (non-hydrogen) atoms. The highest BCUT2D eigenvalue weighted by Crippen LogP contribution is 1.79. The summed E-state index contributed by atoms with van der Waals surface area (Å²) in [6.45, 7) is 6.17. The molecule has 0 spiro atoms. The second-order valence-electron chi connectivity index (χ2n) is 2.66. The van der Waals surface area contributed by atoms with Gasteiger partial charge in [-0.1, -0.05) is 6.08 Å². The lowest BCUT2D eigenvalue weighted by atomic mass is 10.3. The van der Waals surface area contributed by atoms with Gasteiger partial charge >= 0.3 is 0 Å². The zero-order chi connectivity index (χ0) is 10.1. The zero-order valence-electron chi connectivity index (χ0n) is 7.84. The average Bonchev–Trinajstić information content (AvgIpc) is 2.14. The Morgan fingerprint density at radius 1 is 1.77 bits per heavy atom. The normalized spacial score (nSPS) is 11.4. The fourth-order valence-corrected chi connectivity index (χ4v) is 0.657. The molecule has 1 unspecified atom stereocenters. The summed E-state index contributed by atoms with van der Waals surface area (Å²) in [5, 5.41) is 13.8. The Morgan fingerprint density at radius 3 is 3.00 bits per heavy atom. The van der Waals surface area contributed by atoms with E-state index in [0.29, 0.717) is 13.0 Å². The van der Waals surface area contributed by atoms with Crippen molar-refractivity contribution >= 4 is 5.91 Å². The van der Waals surface area contributed by atoms with Crippen molar-refractivity contribution in [1.82, 2.24) is 10.6 Å². The van der Waals surface area contributed by atoms with Crippen molar-refractivity contribution in [3.8, 4) is 6.07 Å². The van der Waals surface area contributed by atoms with E-state index in [1.165, 1.54) is 0 Å². The van der Waals surface area contributed by atoms with Crippen LogP contribution < -0.4 is 10.6 Å². The molecule has 0 aliphatic carbocycles. The van der Waals surface area contributed by atoms with Gasteiger partial charge in [0.05, 0.1) is 19.0 Å². The maximum atomic E-state index is 11.0. The molecule has 0 fully saturated rings. The van der Waals surface area contributed by atoms with Gasteiger partial charge < -0.3 is 10.6 Å². The monoisotopic (exact) mass is 181 g/mol. The maximum Gasteiger partial charge on any atom is 0.234 e. The van der Waals surface area contributed by atoms with Gasteiger partial charge in [0.1, 0.15) is 0 Å². The Labute approximate surface area is 78.6 Å². The van der Waals surface area contributed by atoms with Crippen LogP contribution in [0.2, 0.25) is 0 Å². The minimum atomic E-state index is -0.0936. The van der Waals surface area contributed by atoms with E-state index in [4.69, 9.17) is 5.26 Å². The second-order valence-corrected chi connectivity index (χ2v) is 2.66. The molecule has 4 nitrogen and oxygen atoms in total. The third-order valence-corrected chi connectivity index (χ3v) is 1.50. The molecule has 2 N–H and O–H groups in total. The SMILES string of the molecule is C=CC(C)NCC(=O)NCCC#N. The van der Waals surface area contributed by atoms with Gasteiger partial charge in [0, 0.05) is 12.6 Å². The topological polar surface area (TPSA) is 64.9 Å². The Morgan fingerprint density at radius 2 is 2.46 bits per heavy atom. The molecule has 4 heteroatoms. The Kier molecular flexibility index (Phi) is 6.56. The van der Waals surface area contributed by atoms with E-state index in [2.05, 4.69) is 17.2 Å². The molecule has 0 radical (unpaired) electrons. The molecular weight excluding hydrogens is 166 g/mol. The van der Waals surface area contributed by atoms with Crippen molar-refractivity contribution < 1.29 is 4.79 Å². The first-order valence-corrected chi connectivity index (χ1v) is 4.20. The summed E-state index contributed by atoms with van der Waals surface area (Å²) in [6.07, 6.45) is 2.07. The number of carbonyl (C=O) groups excluding carboxylic acids is 1. The number of rotatable bonds is 6. The standard InChI is InChI=1S/C9H15N3O/c1-3-8(2)12-7-9(13)11-6-4-5-10/h3,8,12H,1,4,6-7H2,2H3,(H,11,13). The highest BCUT2D eigenvalue weighted by Gasteiger charge is 2.00. The molecule has 0 aromatic carbocycles. The van der Waals surface area contributed by atoms with Crippen molar-refractivity contribution in [1.29, 1.82) is 5.26 Å². The molecule has 72 valence electrons. The number of hydrogen-bond acceptors (Lipinski definition) is 3. The first kappa shape index (κ1) is 11.7. The minimum Gasteiger partial charge on any atom is -0.354 e. The summed E-state index contributed by atoms with van der Waals surface area (Å²) in [4.78, 5) is 11.0. The molecule has 0 saturated carbocycles. The Bertz CT molecular complexity index is 207. The molecule has 0 bridgehead atoms. The summed E-state index contributed by atoms with van der Waals surface area (Å²) >= 11 is 0. The number of carbonyl (C=O) groups is 1. The molecular formula is C9H15N3O. The highest BCUT2D eigenvalue weighted by molar-refractivity contribution is 5.78. The van der Waals surface area contributed by atoms with E-state index in [1.807, 2.05) is 13.0 Å². The van der Waals surface area contributed by atoms with E-state index in [0.717, 1.165) is 0 Å². The Balaban J connectivity index is 3.41. The number of amides is 1. The third kappa shape index (κ3) is 7.04. The first-order valence-electron chi connectivity index (χ1n) is 4.20. The second kappa shape index (κ2) is 7.32. The molecule has 0 aliphatic rings. The summed E-state index contributed by atoms with van der Waals surface area (Å²) in [5.41, 5.74) is 0. The maximum absolute atomic E-state index is 11.0. The molecule has 1 amide bonds. The van der Waals surface area contributed by atoms with Crippen LogP contribution in [0.3, 0.4) is 0 Å². The van der Waals surface area contributed by atoms with Crippen molar-refractivity contribution in [2.24, 2.45) is 0 Å². The van der Waals surface area contributed by atoms with Crippen molar-refractivity contribution in [2.75, 3.05) is 13.1 Å². The summed E-state index contributed by atoms with van der Waals surface area (Å²) in [6, 6.07) is 2.07. The van der Waals surface area contributed by atoms with E-state index >= 15 is 0 Å². The van der Waals surface area contributed by atoms with Crippen LogP contribution in [-0.4, -0.2) is 25.0 Å². The summed E-state index contributed by atoms with van der Waals surface area (Å²) in [7, 11) is 0. The Hall–Kier alpha value is -1.34. The molecule has 1 atom stereocenters. The van der Waals surface area contributed by atoms with Gasteiger partial charge in [0.25, 0.3) is 0 Å². The quantitative estimate of drug-likeness (QED) is 0.454. The lowest BCUT2D eigenvalue weighted by molar-refractivity contribution is -0.120. The van der Waals surface area contributed by atoms with Crippen molar-refractivity contribution in [2.45, 2.75) is 19.4 Å². The fourth-order valence-electron chi connectivity index (χ4n) is 0.657. The number of nitrogens with zero attached hydrogens (tertiary/aromatic N) is 1. The average molecular weight is 181 g/mol. The van der Waals surface area contributed by atoms with Gasteiger partial charge in [-0.05, 0) is 6.92 Å². The van der Waals surface area contributed by atoms with Crippen LogP contribution in [0.15, 0.2) is 12.7 Å². The van der Waals surface area contributed by atoms with Gasteiger partial charge in [-0.25, -0.2) is 0 Å². The minimum absolute atomic E-state index is 0.0936. The van der Waals surface area contributed by atoms with Gasteiger partial charge in [-0.2, -0.15) is 5.26 Å². The van der Waals surface area contributed by atoms with Crippen LogP contribution >= 0.6 is 0 Å². The number of nitrogens with one attached hydrogen (secondary N) is 2. The van der Waals surface area contributed by atoms with Crippen LogP contribution in [0.25, 0.3) is 0 Å². The van der Waals surface area contributed by atoms with Crippen molar-refractivity contribution in [3.63, 3.8) is 0 Å². The molecule has 0 rings (SSSR count).